The van der Waals surface area contributed by atoms with E-state index in [1.807, 2.05) is 31.1 Å². The average Bonchev–Trinajstić information content (AvgIpc) is 2.08. The van der Waals surface area contributed by atoms with Gasteiger partial charge in [0.2, 0.25) is 0 Å². The van der Waals surface area contributed by atoms with Crippen molar-refractivity contribution < 1.29 is 4.79 Å². The molecule has 0 bridgehead atoms. The van der Waals surface area contributed by atoms with E-state index in [-0.39, 0.29) is 5.78 Å². The largest absolute Gasteiger partial charge is 0.302 e. The number of carbonyl (C=O) groups excluding carboxylic acids is 1. The molecule has 82 valence electrons. The predicted octanol–water partition coefficient (Wildman–Crippen LogP) is 2.78. The van der Waals surface area contributed by atoms with Crippen molar-refractivity contribution in [3.05, 3.63) is 33.3 Å². The predicted molar refractivity (Wildman–Crippen MR) is 66.4 cm³/mol. The summed E-state index contributed by atoms with van der Waals surface area (Å²) in [6.45, 7) is 0.451. The van der Waals surface area contributed by atoms with Gasteiger partial charge in [0, 0.05) is 15.9 Å². The van der Waals surface area contributed by atoms with E-state index in [0.717, 1.165) is 10.0 Å². The third kappa shape index (κ3) is 4.33. The monoisotopic (exact) mass is 289 g/mol. The Morgan fingerprint density at radius 1 is 1.47 bits per heavy atom. The van der Waals surface area contributed by atoms with Crippen molar-refractivity contribution in [3.63, 3.8) is 0 Å². The lowest BCUT2D eigenvalue weighted by molar-refractivity contribution is -0.119. The van der Waals surface area contributed by atoms with Gasteiger partial charge in [0.1, 0.15) is 0 Å². The van der Waals surface area contributed by atoms with Gasteiger partial charge in [-0.3, -0.25) is 4.79 Å². The third-order valence-electron chi connectivity index (χ3n) is 1.90. The lowest BCUT2D eigenvalue weighted by atomic mass is 10.1. The van der Waals surface area contributed by atoms with Crippen LogP contribution in [0.15, 0.2) is 22.7 Å². The van der Waals surface area contributed by atoms with Crippen molar-refractivity contribution in [1.29, 1.82) is 0 Å². The van der Waals surface area contributed by atoms with Gasteiger partial charge < -0.3 is 4.90 Å². The quantitative estimate of drug-likeness (QED) is 0.850. The molecule has 1 aromatic carbocycles. The molecule has 0 heterocycles. The number of nitrogens with zero attached hydrogens (tertiary/aromatic N) is 1. The van der Waals surface area contributed by atoms with Gasteiger partial charge in [0.05, 0.1) is 6.54 Å². The number of ketones is 1. The van der Waals surface area contributed by atoms with E-state index in [1.54, 1.807) is 6.07 Å². The Morgan fingerprint density at radius 3 is 2.67 bits per heavy atom. The number of rotatable bonds is 4. The Hall–Kier alpha value is -0.380. The van der Waals surface area contributed by atoms with Crippen LogP contribution in [0.5, 0.6) is 0 Å². The molecule has 0 N–H and O–H groups in total. The molecule has 0 atom stereocenters. The van der Waals surface area contributed by atoms with Crippen LogP contribution in [0.1, 0.15) is 5.56 Å². The van der Waals surface area contributed by atoms with Crippen LogP contribution in [0.4, 0.5) is 0 Å². The highest BCUT2D eigenvalue weighted by molar-refractivity contribution is 9.10. The van der Waals surface area contributed by atoms with Gasteiger partial charge in [-0.05, 0) is 31.8 Å². The highest BCUT2D eigenvalue weighted by Crippen LogP contribution is 2.21. The molecule has 15 heavy (non-hydrogen) atoms. The van der Waals surface area contributed by atoms with Crippen molar-refractivity contribution >= 4 is 33.3 Å². The summed E-state index contributed by atoms with van der Waals surface area (Å²) in [6.07, 6.45) is 0.393. The van der Waals surface area contributed by atoms with Crippen LogP contribution in [0.25, 0.3) is 0 Å². The number of Topliss-reactive ketones (excluding diaryl/α,β-unsaturated/α-hetero) is 1. The second-order valence-corrected chi connectivity index (χ2v) is 5.01. The minimum atomic E-state index is 0.171. The third-order valence-corrected chi connectivity index (χ3v) is 2.74. The molecule has 0 spiro atoms. The Labute approximate surface area is 103 Å². The first-order valence-corrected chi connectivity index (χ1v) is 5.76. The number of likely N-dealkylation sites (N-methyl/N-ethyl adjacent to an activating group) is 1. The van der Waals surface area contributed by atoms with Gasteiger partial charge >= 0.3 is 0 Å². The molecule has 2 nitrogen and oxygen atoms in total. The molecule has 1 rings (SSSR count). The van der Waals surface area contributed by atoms with Gasteiger partial charge in [-0.15, -0.1) is 0 Å². The number of halogens is 2. The number of hydrogen-bond acceptors (Lipinski definition) is 2. The van der Waals surface area contributed by atoms with Crippen molar-refractivity contribution in [2.45, 2.75) is 6.42 Å². The lowest BCUT2D eigenvalue weighted by Gasteiger charge is -2.09. The summed E-state index contributed by atoms with van der Waals surface area (Å²) in [5.41, 5.74) is 0.881. The molecular formula is C11H13BrClNO. The molecule has 0 radical (unpaired) electrons. The SMILES string of the molecule is CN(C)CC(=O)Cc1ccc(Br)cc1Cl. The van der Waals surface area contributed by atoms with E-state index < -0.39 is 0 Å². The summed E-state index contributed by atoms with van der Waals surface area (Å²) >= 11 is 9.34. The fraction of sp³-hybridized carbons (Fsp3) is 0.364. The fourth-order valence-corrected chi connectivity index (χ4v) is 2.03. The zero-order valence-corrected chi connectivity index (χ0v) is 11.1. The molecule has 0 aromatic heterocycles. The second kappa shape index (κ2) is 5.64. The highest BCUT2D eigenvalue weighted by atomic mass is 79.9. The van der Waals surface area contributed by atoms with Crippen LogP contribution in [-0.2, 0) is 11.2 Å². The lowest BCUT2D eigenvalue weighted by Crippen LogP contribution is -2.23. The summed E-state index contributed by atoms with van der Waals surface area (Å²) in [5.74, 6) is 0.171. The Bertz CT molecular complexity index is 366. The summed E-state index contributed by atoms with van der Waals surface area (Å²) in [6, 6.07) is 5.57. The van der Waals surface area contributed by atoms with E-state index in [4.69, 9.17) is 11.6 Å². The summed E-state index contributed by atoms with van der Waals surface area (Å²) in [7, 11) is 3.75. The normalized spacial score (nSPS) is 10.7. The molecule has 4 heteroatoms. The second-order valence-electron chi connectivity index (χ2n) is 3.69. The summed E-state index contributed by atoms with van der Waals surface area (Å²) in [5, 5.41) is 0.636. The van der Waals surface area contributed by atoms with Gasteiger partial charge in [-0.2, -0.15) is 0 Å². The zero-order valence-electron chi connectivity index (χ0n) is 8.76. The summed E-state index contributed by atoms with van der Waals surface area (Å²) < 4.78 is 0.927. The van der Waals surface area contributed by atoms with Gasteiger partial charge in [0.25, 0.3) is 0 Å². The topological polar surface area (TPSA) is 20.3 Å². The average molecular weight is 291 g/mol. The van der Waals surface area contributed by atoms with Gasteiger partial charge in [-0.25, -0.2) is 0 Å². The zero-order chi connectivity index (χ0) is 11.4. The first kappa shape index (κ1) is 12.7. The molecule has 1 aromatic rings. The van der Waals surface area contributed by atoms with Crippen molar-refractivity contribution in [2.24, 2.45) is 0 Å². The molecule has 0 unspecified atom stereocenters. The molecular weight excluding hydrogens is 277 g/mol. The fourth-order valence-electron chi connectivity index (χ4n) is 1.29. The first-order valence-electron chi connectivity index (χ1n) is 4.59. The van der Waals surface area contributed by atoms with Gasteiger partial charge in [-0.1, -0.05) is 33.6 Å². The molecule has 0 aliphatic rings. The molecule has 0 aliphatic heterocycles. The molecule has 0 amide bonds. The van der Waals surface area contributed by atoms with Crippen molar-refractivity contribution in [2.75, 3.05) is 20.6 Å². The number of carbonyl (C=O) groups is 1. The maximum absolute atomic E-state index is 11.5. The molecule has 0 saturated carbocycles. The van der Waals surface area contributed by atoms with Crippen LogP contribution in [0.2, 0.25) is 5.02 Å². The van der Waals surface area contributed by atoms with Crippen LogP contribution >= 0.6 is 27.5 Å². The maximum atomic E-state index is 11.5. The Balaban J connectivity index is 2.68. The van der Waals surface area contributed by atoms with Crippen LogP contribution in [-0.4, -0.2) is 31.3 Å². The van der Waals surface area contributed by atoms with E-state index in [2.05, 4.69) is 15.9 Å². The van der Waals surface area contributed by atoms with Crippen molar-refractivity contribution in [1.82, 2.24) is 4.90 Å². The summed E-state index contributed by atoms with van der Waals surface area (Å²) in [4.78, 5) is 13.4. The van der Waals surface area contributed by atoms with Crippen LogP contribution < -0.4 is 0 Å². The number of benzene rings is 1. The van der Waals surface area contributed by atoms with Gasteiger partial charge in [0.15, 0.2) is 5.78 Å². The smallest absolute Gasteiger partial charge is 0.151 e. The molecule has 0 aliphatic carbocycles. The van der Waals surface area contributed by atoms with Crippen LogP contribution in [0, 0.1) is 0 Å². The standard InChI is InChI=1S/C11H13BrClNO/c1-14(2)7-10(15)5-8-3-4-9(12)6-11(8)13/h3-4,6H,5,7H2,1-2H3. The number of hydrogen-bond donors (Lipinski definition) is 0. The van der Waals surface area contributed by atoms with E-state index in [9.17, 15) is 4.79 Å². The Morgan fingerprint density at radius 2 is 2.13 bits per heavy atom. The Kier molecular flexibility index (Phi) is 4.77. The maximum Gasteiger partial charge on any atom is 0.151 e. The minimum absolute atomic E-state index is 0.171. The van der Waals surface area contributed by atoms with E-state index in [1.165, 1.54) is 0 Å². The van der Waals surface area contributed by atoms with Crippen molar-refractivity contribution in [3.8, 4) is 0 Å². The first-order chi connectivity index (χ1) is 6.99. The minimum Gasteiger partial charge on any atom is -0.302 e. The highest BCUT2D eigenvalue weighted by Gasteiger charge is 2.08. The van der Waals surface area contributed by atoms with E-state index >= 15 is 0 Å². The van der Waals surface area contributed by atoms with Crippen LogP contribution in [0.3, 0.4) is 0 Å². The molecule has 0 saturated heterocycles. The van der Waals surface area contributed by atoms with E-state index in [0.29, 0.717) is 18.0 Å². The molecule has 0 fully saturated rings.